The summed E-state index contributed by atoms with van der Waals surface area (Å²) in [7, 11) is 0. The Hall–Kier alpha value is -1.06. The van der Waals surface area contributed by atoms with Crippen molar-refractivity contribution in [1.82, 2.24) is 0 Å². The number of aliphatic carboxylic acids is 2. The minimum atomic E-state index is -0.842. The first-order valence-electron chi connectivity index (χ1n) is 7.93. The average molecular weight is 286 g/mol. The third-order valence-electron chi connectivity index (χ3n) is 4.02. The predicted molar refractivity (Wildman–Crippen MR) is 79.8 cm³/mol. The van der Waals surface area contributed by atoms with Crippen LogP contribution in [-0.2, 0) is 9.59 Å². The molecule has 118 valence electrons. The fourth-order valence-electron chi connectivity index (χ4n) is 2.68. The molecule has 0 aliphatic carbocycles. The number of carboxylic acids is 2. The van der Waals surface area contributed by atoms with Crippen LogP contribution in [0.3, 0.4) is 0 Å². The summed E-state index contributed by atoms with van der Waals surface area (Å²) in [6.07, 6.45) is 8.50. The van der Waals surface area contributed by atoms with E-state index >= 15 is 0 Å². The molecule has 4 heteroatoms. The van der Waals surface area contributed by atoms with E-state index in [4.69, 9.17) is 5.11 Å². The Labute approximate surface area is 122 Å². The highest BCUT2D eigenvalue weighted by Gasteiger charge is 2.36. The van der Waals surface area contributed by atoms with Crippen molar-refractivity contribution in [2.24, 2.45) is 5.41 Å². The highest BCUT2D eigenvalue weighted by atomic mass is 16.4. The second-order valence-electron chi connectivity index (χ2n) is 5.75. The molecule has 20 heavy (non-hydrogen) atoms. The van der Waals surface area contributed by atoms with Gasteiger partial charge in [-0.15, -0.1) is 0 Å². The van der Waals surface area contributed by atoms with Crippen LogP contribution in [0.2, 0.25) is 0 Å². The molecular weight excluding hydrogens is 256 g/mol. The minimum Gasteiger partial charge on any atom is -0.481 e. The van der Waals surface area contributed by atoms with E-state index in [0.29, 0.717) is 25.7 Å². The summed E-state index contributed by atoms with van der Waals surface area (Å²) in [6.45, 7) is 4.19. The number of carboxylic acid groups (broad SMARTS) is 2. The first-order chi connectivity index (χ1) is 9.48. The molecule has 1 unspecified atom stereocenters. The van der Waals surface area contributed by atoms with Gasteiger partial charge in [-0.1, -0.05) is 52.4 Å². The number of hydrogen-bond donors (Lipinski definition) is 2. The lowest BCUT2D eigenvalue weighted by atomic mass is 9.74. The van der Waals surface area contributed by atoms with Crippen LogP contribution in [0.1, 0.15) is 84.5 Å². The monoisotopic (exact) mass is 286 g/mol. The van der Waals surface area contributed by atoms with E-state index in [0.717, 1.165) is 38.5 Å². The molecule has 0 aromatic rings. The van der Waals surface area contributed by atoms with Gasteiger partial charge in [0.1, 0.15) is 0 Å². The van der Waals surface area contributed by atoms with Gasteiger partial charge in [0.2, 0.25) is 0 Å². The zero-order valence-electron chi connectivity index (χ0n) is 13.0. The molecule has 0 rings (SSSR count). The third kappa shape index (κ3) is 7.51. The molecule has 0 saturated carbocycles. The number of unbranched alkanes of at least 4 members (excludes halogenated alkanes) is 4. The van der Waals surface area contributed by atoms with Crippen LogP contribution in [0.25, 0.3) is 0 Å². The van der Waals surface area contributed by atoms with Gasteiger partial charge in [-0.05, 0) is 25.7 Å². The van der Waals surface area contributed by atoms with Gasteiger partial charge in [0.25, 0.3) is 0 Å². The van der Waals surface area contributed by atoms with Crippen molar-refractivity contribution >= 4 is 11.9 Å². The molecule has 0 aromatic carbocycles. The summed E-state index contributed by atoms with van der Waals surface area (Å²) in [6, 6.07) is 0. The van der Waals surface area contributed by atoms with Gasteiger partial charge in [0.15, 0.2) is 0 Å². The molecule has 0 amide bonds. The lowest BCUT2D eigenvalue weighted by Crippen LogP contribution is -2.31. The van der Waals surface area contributed by atoms with Gasteiger partial charge in [-0.2, -0.15) is 0 Å². The van der Waals surface area contributed by atoms with E-state index in [1.165, 1.54) is 0 Å². The lowest BCUT2D eigenvalue weighted by Gasteiger charge is -2.29. The molecule has 0 radical (unpaired) electrons. The Morgan fingerprint density at radius 2 is 1.35 bits per heavy atom. The molecule has 0 spiro atoms. The van der Waals surface area contributed by atoms with Gasteiger partial charge in [0, 0.05) is 6.42 Å². The van der Waals surface area contributed by atoms with E-state index in [2.05, 4.69) is 13.8 Å². The molecule has 0 aromatic heterocycles. The van der Waals surface area contributed by atoms with Crippen molar-refractivity contribution < 1.29 is 19.8 Å². The zero-order valence-corrected chi connectivity index (χ0v) is 13.0. The van der Waals surface area contributed by atoms with Crippen molar-refractivity contribution in [3.05, 3.63) is 0 Å². The van der Waals surface area contributed by atoms with Crippen molar-refractivity contribution in [2.75, 3.05) is 0 Å². The Morgan fingerprint density at radius 3 is 1.85 bits per heavy atom. The lowest BCUT2D eigenvalue weighted by molar-refractivity contribution is -0.151. The first-order valence-corrected chi connectivity index (χ1v) is 7.93. The van der Waals surface area contributed by atoms with E-state index in [9.17, 15) is 14.7 Å². The summed E-state index contributed by atoms with van der Waals surface area (Å²) in [5, 5.41) is 18.3. The highest BCUT2D eigenvalue weighted by molar-refractivity contribution is 5.74. The summed E-state index contributed by atoms with van der Waals surface area (Å²) in [5.41, 5.74) is -0.709. The molecular formula is C16H30O4. The fourth-order valence-corrected chi connectivity index (χ4v) is 2.68. The van der Waals surface area contributed by atoms with Crippen LogP contribution >= 0.6 is 0 Å². The van der Waals surface area contributed by atoms with E-state index < -0.39 is 17.4 Å². The fraction of sp³-hybridized carbons (Fsp3) is 0.875. The molecule has 0 fully saturated rings. The third-order valence-corrected chi connectivity index (χ3v) is 4.02. The minimum absolute atomic E-state index is 0.0656. The highest BCUT2D eigenvalue weighted by Crippen LogP contribution is 2.37. The summed E-state index contributed by atoms with van der Waals surface area (Å²) in [5.74, 6) is -1.58. The summed E-state index contributed by atoms with van der Waals surface area (Å²) < 4.78 is 0. The molecule has 0 heterocycles. The Bertz CT molecular complexity index is 288. The van der Waals surface area contributed by atoms with E-state index in [1.54, 1.807) is 0 Å². The normalized spacial score (nSPS) is 13.9. The van der Waals surface area contributed by atoms with Crippen LogP contribution in [0.15, 0.2) is 0 Å². The average Bonchev–Trinajstić information content (AvgIpc) is 2.39. The number of hydrogen-bond acceptors (Lipinski definition) is 2. The maximum atomic E-state index is 11.7. The van der Waals surface area contributed by atoms with E-state index in [-0.39, 0.29) is 6.42 Å². The van der Waals surface area contributed by atoms with Crippen LogP contribution in [0.5, 0.6) is 0 Å². The molecule has 0 saturated heterocycles. The van der Waals surface area contributed by atoms with Gasteiger partial charge in [-0.25, -0.2) is 0 Å². The maximum Gasteiger partial charge on any atom is 0.309 e. The molecule has 0 aliphatic rings. The Kier molecular flexibility index (Phi) is 10.1. The van der Waals surface area contributed by atoms with Crippen LogP contribution < -0.4 is 0 Å². The topological polar surface area (TPSA) is 74.6 Å². The van der Waals surface area contributed by atoms with E-state index in [1.807, 2.05) is 0 Å². The molecule has 0 aliphatic heterocycles. The Morgan fingerprint density at radius 1 is 0.800 bits per heavy atom. The standard InChI is InChI=1S/C16H30O4/c1-3-5-7-8-12-16(15(19)20,11-6-4-2)13-9-10-14(17)18/h3-13H2,1-2H3,(H,17,18)(H,19,20). The van der Waals surface area contributed by atoms with Gasteiger partial charge in [-0.3, -0.25) is 9.59 Å². The van der Waals surface area contributed by atoms with Crippen molar-refractivity contribution in [1.29, 1.82) is 0 Å². The predicted octanol–water partition coefficient (Wildman–Crippen LogP) is 4.47. The molecule has 4 nitrogen and oxygen atoms in total. The Balaban J connectivity index is 4.57. The van der Waals surface area contributed by atoms with Crippen LogP contribution in [0.4, 0.5) is 0 Å². The first kappa shape index (κ1) is 18.9. The largest absolute Gasteiger partial charge is 0.481 e. The van der Waals surface area contributed by atoms with Gasteiger partial charge < -0.3 is 10.2 Å². The van der Waals surface area contributed by atoms with Crippen molar-refractivity contribution in [2.45, 2.75) is 84.5 Å². The summed E-state index contributed by atoms with van der Waals surface area (Å²) >= 11 is 0. The number of rotatable bonds is 13. The van der Waals surface area contributed by atoms with Crippen molar-refractivity contribution in [3.8, 4) is 0 Å². The van der Waals surface area contributed by atoms with Crippen LogP contribution in [0, 0.1) is 5.41 Å². The summed E-state index contributed by atoms with van der Waals surface area (Å²) in [4.78, 5) is 22.3. The second kappa shape index (κ2) is 10.7. The van der Waals surface area contributed by atoms with Gasteiger partial charge in [0.05, 0.1) is 5.41 Å². The second-order valence-corrected chi connectivity index (χ2v) is 5.75. The quantitative estimate of drug-likeness (QED) is 0.490. The zero-order chi connectivity index (χ0) is 15.4. The number of carbonyl (C=O) groups is 2. The smallest absolute Gasteiger partial charge is 0.309 e. The SMILES string of the molecule is CCCCCCC(CCCC)(CCCC(=O)O)C(=O)O. The van der Waals surface area contributed by atoms with Crippen LogP contribution in [-0.4, -0.2) is 22.2 Å². The maximum absolute atomic E-state index is 11.7. The molecule has 2 N–H and O–H groups in total. The molecule has 1 atom stereocenters. The molecule has 0 bridgehead atoms. The van der Waals surface area contributed by atoms with Gasteiger partial charge >= 0.3 is 11.9 Å². The van der Waals surface area contributed by atoms with Crippen molar-refractivity contribution in [3.63, 3.8) is 0 Å².